The van der Waals surface area contributed by atoms with Crippen molar-refractivity contribution in [2.75, 3.05) is 23.7 Å². The fraction of sp³-hybridized carbons (Fsp3) is 0.312. The van der Waals surface area contributed by atoms with Crippen LogP contribution in [0.4, 0.5) is 16.3 Å². The van der Waals surface area contributed by atoms with Crippen molar-refractivity contribution < 1.29 is 14.1 Å². The van der Waals surface area contributed by atoms with Crippen molar-refractivity contribution >= 4 is 35.0 Å². The van der Waals surface area contributed by atoms with Gasteiger partial charge in [-0.3, -0.25) is 4.79 Å². The molecule has 2 rings (SSSR count). The van der Waals surface area contributed by atoms with Crippen LogP contribution >= 0.6 is 11.6 Å². The van der Waals surface area contributed by atoms with Crippen molar-refractivity contribution in [2.45, 2.75) is 20.3 Å². The first-order chi connectivity index (χ1) is 11.5. The lowest BCUT2D eigenvalue weighted by molar-refractivity contribution is -0.116. The predicted molar refractivity (Wildman–Crippen MR) is 92.2 cm³/mol. The van der Waals surface area contributed by atoms with Crippen LogP contribution in [-0.4, -0.2) is 35.1 Å². The third kappa shape index (κ3) is 4.99. The minimum absolute atomic E-state index is 0.0911. The van der Waals surface area contributed by atoms with Crippen LogP contribution in [0.15, 0.2) is 35.1 Å². The molecule has 1 aromatic carbocycles. The second kappa shape index (κ2) is 8.35. The van der Waals surface area contributed by atoms with Crippen LogP contribution < -0.4 is 10.6 Å². The Morgan fingerprint density at radius 3 is 2.71 bits per heavy atom. The summed E-state index contributed by atoms with van der Waals surface area (Å²) in [7, 11) is 0. The van der Waals surface area contributed by atoms with Crippen molar-refractivity contribution in [3.05, 3.63) is 41.1 Å². The summed E-state index contributed by atoms with van der Waals surface area (Å²) in [5.41, 5.74) is 1.50. The molecule has 0 spiro atoms. The van der Waals surface area contributed by atoms with E-state index in [0.29, 0.717) is 23.1 Å². The lowest BCUT2D eigenvalue weighted by Gasteiger charge is -2.22. The van der Waals surface area contributed by atoms with E-state index in [1.807, 2.05) is 19.9 Å². The highest BCUT2D eigenvalue weighted by Gasteiger charge is 2.17. The lowest BCUT2D eigenvalue weighted by atomic mass is 10.2. The number of urea groups is 1. The summed E-state index contributed by atoms with van der Waals surface area (Å²) in [5.74, 6) is -0.0448. The Hall–Kier alpha value is -2.54. The Balaban J connectivity index is 1.98. The molecule has 2 aromatic rings. The third-order valence-corrected chi connectivity index (χ3v) is 3.65. The molecule has 0 aliphatic heterocycles. The normalized spacial score (nSPS) is 10.3. The van der Waals surface area contributed by atoms with Gasteiger partial charge in [0.2, 0.25) is 5.91 Å². The van der Waals surface area contributed by atoms with E-state index < -0.39 is 0 Å². The molecule has 0 bridgehead atoms. The highest BCUT2D eigenvalue weighted by molar-refractivity contribution is 6.31. The highest BCUT2D eigenvalue weighted by atomic mass is 35.5. The number of carbonyl (C=O) groups excluding carboxylic acids is 2. The fourth-order valence-electron chi connectivity index (χ4n) is 2.03. The van der Waals surface area contributed by atoms with Gasteiger partial charge in [0, 0.05) is 23.3 Å². The number of nitrogens with zero attached hydrogens (tertiary/aromatic N) is 2. The second-order valence-electron chi connectivity index (χ2n) is 5.25. The zero-order valence-corrected chi connectivity index (χ0v) is 14.3. The average Bonchev–Trinajstić information content (AvgIpc) is 3.03. The summed E-state index contributed by atoms with van der Waals surface area (Å²) in [6.45, 7) is 4.16. The number of nitrogens with one attached hydrogen (secondary N) is 2. The number of rotatable bonds is 6. The molecule has 128 valence electrons. The van der Waals surface area contributed by atoms with E-state index in [9.17, 15) is 9.59 Å². The van der Waals surface area contributed by atoms with E-state index in [-0.39, 0.29) is 18.5 Å². The number of benzene rings is 1. The van der Waals surface area contributed by atoms with Crippen LogP contribution in [0.1, 0.15) is 18.9 Å². The van der Waals surface area contributed by atoms with Gasteiger partial charge < -0.3 is 20.1 Å². The van der Waals surface area contributed by atoms with Crippen molar-refractivity contribution in [1.82, 2.24) is 10.1 Å². The van der Waals surface area contributed by atoms with Crippen LogP contribution in [0.3, 0.4) is 0 Å². The molecule has 0 aliphatic rings. The SMILES string of the molecule is CCCN(CC(=O)Nc1ccon1)C(=O)Nc1ccc(C)c(Cl)c1. The number of hydrogen-bond acceptors (Lipinski definition) is 4. The quantitative estimate of drug-likeness (QED) is 0.834. The Morgan fingerprint density at radius 2 is 2.08 bits per heavy atom. The minimum atomic E-state index is -0.368. The van der Waals surface area contributed by atoms with Gasteiger partial charge in [0.15, 0.2) is 5.82 Å². The van der Waals surface area contributed by atoms with Gasteiger partial charge in [-0.05, 0) is 31.0 Å². The van der Waals surface area contributed by atoms with Gasteiger partial charge in [-0.2, -0.15) is 0 Å². The zero-order chi connectivity index (χ0) is 17.5. The van der Waals surface area contributed by atoms with Gasteiger partial charge in [0.05, 0.1) is 0 Å². The largest absolute Gasteiger partial charge is 0.363 e. The summed E-state index contributed by atoms with van der Waals surface area (Å²) in [6, 6.07) is 6.41. The van der Waals surface area contributed by atoms with E-state index in [4.69, 9.17) is 11.6 Å². The summed E-state index contributed by atoms with van der Waals surface area (Å²) in [5, 5.41) is 9.47. The Kier molecular flexibility index (Phi) is 6.20. The molecule has 1 aromatic heterocycles. The van der Waals surface area contributed by atoms with Crippen LogP contribution in [-0.2, 0) is 4.79 Å². The average molecular weight is 351 g/mol. The molecule has 3 amide bonds. The van der Waals surface area contributed by atoms with Crippen LogP contribution in [0, 0.1) is 6.92 Å². The van der Waals surface area contributed by atoms with Crippen LogP contribution in [0.25, 0.3) is 0 Å². The Bertz CT molecular complexity index is 703. The fourth-order valence-corrected chi connectivity index (χ4v) is 2.21. The maximum Gasteiger partial charge on any atom is 0.322 e. The van der Waals surface area contributed by atoms with E-state index in [2.05, 4.69) is 20.3 Å². The van der Waals surface area contributed by atoms with Gasteiger partial charge >= 0.3 is 6.03 Å². The molecule has 0 saturated heterocycles. The highest BCUT2D eigenvalue weighted by Crippen LogP contribution is 2.20. The lowest BCUT2D eigenvalue weighted by Crippen LogP contribution is -2.41. The maximum absolute atomic E-state index is 12.4. The maximum atomic E-state index is 12.4. The first-order valence-electron chi connectivity index (χ1n) is 7.52. The van der Waals surface area contributed by atoms with E-state index in [1.54, 1.807) is 12.1 Å². The van der Waals surface area contributed by atoms with E-state index >= 15 is 0 Å². The molecule has 2 N–H and O–H groups in total. The smallest absolute Gasteiger partial charge is 0.322 e. The number of anilines is 2. The molecule has 1 heterocycles. The second-order valence-corrected chi connectivity index (χ2v) is 5.66. The van der Waals surface area contributed by atoms with E-state index in [0.717, 1.165) is 12.0 Å². The summed E-state index contributed by atoms with van der Waals surface area (Å²) >= 11 is 6.06. The molecule has 8 heteroatoms. The number of halogens is 1. The Labute approximate surface area is 144 Å². The predicted octanol–water partition coefficient (Wildman–Crippen LogP) is 3.52. The molecule has 0 aliphatic carbocycles. The van der Waals surface area contributed by atoms with Crippen LogP contribution in [0.5, 0.6) is 0 Å². The molecule has 24 heavy (non-hydrogen) atoms. The van der Waals surface area contributed by atoms with Crippen LogP contribution in [0.2, 0.25) is 5.02 Å². The molecule has 0 fully saturated rings. The van der Waals surface area contributed by atoms with Gasteiger partial charge in [-0.1, -0.05) is 29.7 Å². The van der Waals surface area contributed by atoms with Crippen molar-refractivity contribution in [2.24, 2.45) is 0 Å². The zero-order valence-electron chi connectivity index (χ0n) is 13.5. The van der Waals surface area contributed by atoms with Gasteiger partial charge in [-0.25, -0.2) is 4.79 Å². The van der Waals surface area contributed by atoms with Crippen molar-refractivity contribution in [3.63, 3.8) is 0 Å². The monoisotopic (exact) mass is 350 g/mol. The third-order valence-electron chi connectivity index (χ3n) is 3.24. The standard InChI is InChI=1S/C16H19ClN4O3/c1-3-7-21(10-15(22)19-14-6-8-24-20-14)16(23)18-12-5-4-11(2)13(17)9-12/h4-6,8-9H,3,7,10H2,1-2H3,(H,18,23)(H,19,20,22). The molecule has 0 saturated carbocycles. The summed E-state index contributed by atoms with van der Waals surface area (Å²) in [4.78, 5) is 25.8. The number of aryl methyl sites for hydroxylation is 1. The number of carbonyl (C=O) groups is 2. The molecule has 0 unspecified atom stereocenters. The molecule has 7 nitrogen and oxygen atoms in total. The molecular weight excluding hydrogens is 332 g/mol. The summed E-state index contributed by atoms with van der Waals surface area (Å²) < 4.78 is 4.65. The Morgan fingerprint density at radius 1 is 1.29 bits per heavy atom. The molecule has 0 radical (unpaired) electrons. The minimum Gasteiger partial charge on any atom is -0.363 e. The first kappa shape index (κ1) is 17.8. The molecular formula is C16H19ClN4O3. The van der Waals surface area contributed by atoms with E-state index in [1.165, 1.54) is 17.2 Å². The number of amides is 3. The summed E-state index contributed by atoms with van der Waals surface area (Å²) in [6.07, 6.45) is 2.08. The number of aromatic nitrogens is 1. The van der Waals surface area contributed by atoms with Crippen molar-refractivity contribution in [3.8, 4) is 0 Å². The van der Waals surface area contributed by atoms with Gasteiger partial charge in [0.1, 0.15) is 12.8 Å². The van der Waals surface area contributed by atoms with Gasteiger partial charge in [-0.15, -0.1) is 0 Å². The first-order valence-corrected chi connectivity index (χ1v) is 7.89. The number of hydrogen-bond donors (Lipinski definition) is 2. The molecule has 0 atom stereocenters. The van der Waals surface area contributed by atoms with Gasteiger partial charge in [0.25, 0.3) is 0 Å². The van der Waals surface area contributed by atoms with Crippen molar-refractivity contribution in [1.29, 1.82) is 0 Å². The topological polar surface area (TPSA) is 87.5 Å².